The fourth-order valence-electron chi connectivity index (χ4n) is 0.909. The van der Waals surface area contributed by atoms with Crippen LogP contribution in [0.4, 0.5) is 0 Å². The van der Waals surface area contributed by atoms with E-state index in [-0.39, 0.29) is 0 Å². The zero-order chi connectivity index (χ0) is 10.6. The lowest BCUT2D eigenvalue weighted by Crippen LogP contribution is -2.28. The van der Waals surface area contributed by atoms with Gasteiger partial charge in [0.05, 0.1) is 0 Å². The maximum Gasteiger partial charge on any atom is 0.287 e. The molecule has 0 saturated carbocycles. The van der Waals surface area contributed by atoms with E-state index in [1.807, 2.05) is 24.3 Å². The largest absolute Gasteiger partial charge is 0.345 e. The van der Waals surface area contributed by atoms with Crippen molar-refractivity contribution in [1.29, 1.82) is 0 Å². The normalized spacial score (nSPS) is 9.57. The first-order valence-electron chi connectivity index (χ1n) is 4.13. The van der Waals surface area contributed by atoms with Crippen LogP contribution in [0.25, 0.3) is 0 Å². The van der Waals surface area contributed by atoms with E-state index in [2.05, 4.69) is 21.2 Å². The van der Waals surface area contributed by atoms with Crippen molar-refractivity contribution in [3.8, 4) is 0 Å². The Morgan fingerprint density at radius 1 is 1.29 bits per heavy atom. The average Bonchev–Trinajstić information content (AvgIpc) is 2.16. The number of amides is 1. The van der Waals surface area contributed by atoms with E-state index in [1.165, 1.54) is 6.92 Å². The van der Waals surface area contributed by atoms with Gasteiger partial charge in [-0.2, -0.15) is 0 Å². The van der Waals surface area contributed by atoms with Crippen LogP contribution in [-0.2, 0) is 16.1 Å². The second-order valence-electron chi connectivity index (χ2n) is 2.87. The zero-order valence-electron chi connectivity index (χ0n) is 7.71. The lowest BCUT2D eigenvalue weighted by molar-refractivity contribution is -0.136. The summed E-state index contributed by atoms with van der Waals surface area (Å²) in [7, 11) is 0. The van der Waals surface area contributed by atoms with E-state index >= 15 is 0 Å². The maximum absolute atomic E-state index is 10.9. The molecule has 1 amide bonds. The first kappa shape index (κ1) is 10.9. The van der Waals surface area contributed by atoms with Gasteiger partial charge in [0, 0.05) is 17.9 Å². The molecule has 0 aliphatic rings. The molecule has 0 spiro atoms. The molecule has 0 aliphatic carbocycles. The van der Waals surface area contributed by atoms with Gasteiger partial charge in [0.2, 0.25) is 5.78 Å². The zero-order valence-corrected chi connectivity index (χ0v) is 9.30. The van der Waals surface area contributed by atoms with Gasteiger partial charge < -0.3 is 5.32 Å². The number of Topliss-reactive ketones (excluding diaryl/α,β-unsaturated/α-hetero) is 1. The fraction of sp³-hybridized carbons (Fsp3) is 0.200. The summed E-state index contributed by atoms with van der Waals surface area (Å²) in [6.45, 7) is 1.63. The SMILES string of the molecule is CC(=O)C(=O)NCc1ccc(Br)cc1. The van der Waals surface area contributed by atoms with Gasteiger partial charge in [0.15, 0.2) is 0 Å². The van der Waals surface area contributed by atoms with Gasteiger partial charge in [0.25, 0.3) is 5.91 Å². The van der Waals surface area contributed by atoms with Crippen molar-refractivity contribution in [1.82, 2.24) is 5.32 Å². The molecule has 4 heteroatoms. The van der Waals surface area contributed by atoms with Gasteiger partial charge in [-0.1, -0.05) is 28.1 Å². The molecule has 0 unspecified atom stereocenters. The highest BCUT2D eigenvalue weighted by atomic mass is 79.9. The molecule has 0 heterocycles. The van der Waals surface area contributed by atoms with Crippen molar-refractivity contribution < 1.29 is 9.59 Å². The van der Waals surface area contributed by atoms with Crippen LogP contribution < -0.4 is 5.32 Å². The summed E-state index contributed by atoms with van der Waals surface area (Å²) in [6, 6.07) is 7.53. The monoisotopic (exact) mass is 255 g/mol. The van der Waals surface area contributed by atoms with Crippen LogP contribution in [0.1, 0.15) is 12.5 Å². The van der Waals surface area contributed by atoms with Crippen LogP contribution in [0.15, 0.2) is 28.7 Å². The quantitative estimate of drug-likeness (QED) is 0.836. The fourth-order valence-corrected chi connectivity index (χ4v) is 1.17. The van der Waals surface area contributed by atoms with E-state index < -0.39 is 11.7 Å². The molecule has 0 aliphatic heterocycles. The van der Waals surface area contributed by atoms with Crippen LogP contribution >= 0.6 is 15.9 Å². The standard InChI is InChI=1S/C10H10BrNO2/c1-7(13)10(14)12-6-8-2-4-9(11)5-3-8/h2-5H,6H2,1H3,(H,12,14). The highest BCUT2D eigenvalue weighted by Crippen LogP contribution is 2.09. The summed E-state index contributed by atoms with van der Waals surface area (Å²) in [5.41, 5.74) is 0.961. The summed E-state index contributed by atoms with van der Waals surface area (Å²) in [6.07, 6.45) is 0. The molecule has 1 aromatic rings. The second-order valence-corrected chi connectivity index (χ2v) is 3.78. The molecule has 1 rings (SSSR count). The van der Waals surface area contributed by atoms with Gasteiger partial charge in [-0.05, 0) is 17.7 Å². The Balaban J connectivity index is 2.50. The number of halogens is 1. The van der Waals surface area contributed by atoms with Gasteiger partial charge >= 0.3 is 0 Å². The van der Waals surface area contributed by atoms with Crippen molar-refractivity contribution in [2.45, 2.75) is 13.5 Å². The molecule has 1 aromatic carbocycles. The molecule has 0 bridgehead atoms. The first-order valence-corrected chi connectivity index (χ1v) is 4.92. The molecular weight excluding hydrogens is 246 g/mol. The average molecular weight is 256 g/mol. The van der Waals surface area contributed by atoms with Gasteiger partial charge in [0.1, 0.15) is 0 Å². The van der Waals surface area contributed by atoms with Crippen molar-refractivity contribution in [2.24, 2.45) is 0 Å². The van der Waals surface area contributed by atoms with Crippen molar-refractivity contribution in [2.75, 3.05) is 0 Å². The summed E-state index contributed by atoms with van der Waals surface area (Å²) >= 11 is 3.31. The maximum atomic E-state index is 10.9. The molecule has 1 N–H and O–H groups in total. The highest BCUT2D eigenvalue weighted by molar-refractivity contribution is 9.10. The number of benzene rings is 1. The van der Waals surface area contributed by atoms with Gasteiger partial charge in [-0.25, -0.2) is 0 Å². The van der Waals surface area contributed by atoms with E-state index in [9.17, 15) is 9.59 Å². The lowest BCUT2D eigenvalue weighted by atomic mass is 10.2. The number of nitrogens with one attached hydrogen (secondary N) is 1. The Morgan fingerprint density at radius 3 is 2.36 bits per heavy atom. The second kappa shape index (κ2) is 4.91. The molecule has 0 aromatic heterocycles. The Morgan fingerprint density at radius 2 is 1.86 bits per heavy atom. The number of hydrogen-bond donors (Lipinski definition) is 1. The Hall–Kier alpha value is -1.16. The first-order chi connectivity index (χ1) is 6.59. The highest BCUT2D eigenvalue weighted by Gasteiger charge is 2.05. The Kier molecular flexibility index (Phi) is 3.83. The molecule has 74 valence electrons. The Labute approximate surface area is 90.6 Å². The topological polar surface area (TPSA) is 46.2 Å². The van der Waals surface area contributed by atoms with Gasteiger partial charge in [-0.15, -0.1) is 0 Å². The van der Waals surface area contributed by atoms with Crippen molar-refractivity contribution >= 4 is 27.6 Å². The predicted molar refractivity (Wildman–Crippen MR) is 56.7 cm³/mol. The number of rotatable bonds is 3. The van der Waals surface area contributed by atoms with E-state index in [1.54, 1.807) is 0 Å². The minimum atomic E-state index is -0.548. The Bertz CT molecular complexity index is 346. The summed E-state index contributed by atoms with van der Waals surface area (Å²) in [4.78, 5) is 21.5. The van der Waals surface area contributed by atoms with Crippen molar-refractivity contribution in [3.05, 3.63) is 34.3 Å². The van der Waals surface area contributed by atoms with E-state index in [0.717, 1.165) is 10.0 Å². The summed E-state index contributed by atoms with van der Waals surface area (Å²) in [5, 5.41) is 2.51. The number of carbonyl (C=O) groups is 2. The lowest BCUT2D eigenvalue weighted by Gasteiger charge is -2.02. The van der Waals surface area contributed by atoms with Gasteiger partial charge in [-0.3, -0.25) is 9.59 Å². The third-order valence-electron chi connectivity index (χ3n) is 1.69. The van der Waals surface area contributed by atoms with Crippen LogP contribution in [-0.4, -0.2) is 11.7 Å². The predicted octanol–water partition coefficient (Wildman–Crippen LogP) is 1.65. The van der Waals surface area contributed by atoms with Crippen LogP contribution in [0.5, 0.6) is 0 Å². The van der Waals surface area contributed by atoms with Crippen LogP contribution in [0.2, 0.25) is 0 Å². The third kappa shape index (κ3) is 3.30. The van der Waals surface area contributed by atoms with E-state index in [0.29, 0.717) is 6.54 Å². The van der Waals surface area contributed by atoms with Crippen LogP contribution in [0, 0.1) is 0 Å². The molecule has 0 atom stereocenters. The summed E-state index contributed by atoms with van der Waals surface area (Å²) < 4.78 is 0.985. The number of hydrogen-bond acceptors (Lipinski definition) is 2. The molecule has 3 nitrogen and oxygen atoms in total. The third-order valence-corrected chi connectivity index (χ3v) is 2.21. The van der Waals surface area contributed by atoms with Crippen LogP contribution in [0.3, 0.4) is 0 Å². The molecule has 0 radical (unpaired) electrons. The minimum Gasteiger partial charge on any atom is -0.345 e. The van der Waals surface area contributed by atoms with E-state index in [4.69, 9.17) is 0 Å². The molecule has 14 heavy (non-hydrogen) atoms. The minimum absolute atomic E-state index is 0.381. The number of ketones is 1. The number of carbonyl (C=O) groups excluding carboxylic acids is 2. The molecule has 0 saturated heterocycles. The molecule has 0 fully saturated rings. The smallest absolute Gasteiger partial charge is 0.287 e. The van der Waals surface area contributed by atoms with Crippen molar-refractivity contribution in [3.63, 3.8) is 0 Å². The molecular formula is C10H10BrNO2. The summed E-state index contributed by atoms with van der Waals surface area (Å²) in [5.74, 6) is -1.02.